The van der Waals surface area contributed by atoms with Crippen LogP contribution in [0.4, 0.5) is 0 Å². The van der Waals surface area contributed by atoms with E-state index in [2.05, 4.69) is 15.6 Å². The highest BCUT2D eigenvalue weighted by Crippen LogP contribution is 2.49. The maximum atomic E-state index is 10.9. The first-order valence-electron chi connectivity index (χ1n) is 5.91. The van der Waals surface area contributed by atoms with Gasteiger partial charge in [0.15, 0.2) is 0 Å². The molecule has 0 radical (unpaired) electrons. The topological polar surface area (TPSA) is 70.6 Å². The lowest BCUT2D eigenvalue weighted by Gasteiger charge is -2.12. The third kappa shape index (κ3) is 1.94. The van der Waals surface area contributed by atoms with E-state index < -0.39 is 11.8 Å². The maximum absolute atomic E-state index is 10.9. The van der Waals surface area contributed by atoms with Gasteiger partial charge in [0, 0.05) is 6.54 Å². The minimum absolute atomic E-state index is 0.335. The molecule has 2 N–H and O–H groups in total. The Balaban J connectivity index is 1.59. The number of hydrogen-bond acceptors (Lipinski definition) is 3. The molecule has 3 fully saturated rings. The fourth-order valence-electron chi connectivity index (χ4n) is 2.37. The van der Waals surface area contributed by atoms with Gasteiger partial charge in [-0.05, 0) is 43.4 Å². The zero-order chi connectivity index (χ0) is 11.1. The molecule has 2 aliphatic carbocycles. The third-order valence-corrected chi connectivity index (χ3v) is 3.59. The Morgan fingerprint density at radius 2 is 1.56 bits per heavy atom. The number of nitrogens with one attached hydrogen (secondary N) is 2. The van der Waals surface area contributed by atoms with Crippen molar-refractivity contribution in [3.05, 3.63) is 0 Å². The van der Waals surface area contributed by atoms with Crippen molar-refractivity contribution in [1.82, 2.24) is 10.6 Å². The second-order valence-electron chi connectivity index (χ2n) is 4.94. The van der Waals surface area contributed by atoms with E-state index in [0.29, 0.717) is 11.9 Å². The smallest absolute Gasteiger partial charge is 0.288 e. The van der Waals surface area contributed by atoms with E-state index in [1.807, 2.05) is 0 Å². The molecule has 0 atom stereocenters. The van der Waals surface area contributed by atoms with Crippen LogP contribution in [0.3, 0.4) is 0 Å². The van der Waals surface area contributed by atoms with Crippen molar-refractivity contribution >= 4 is 17.8 Å². The molecule has 86 valence electrons. The Hall–Kier alpha value is -1.39. The maximum Gasteiger partial charge on any atom is 0.316 e. The largest absolute Gasteiger partial charge is 0.316 e. The van der Waals surface area contributed by atoms with E-state index in [1.54, 1.807) is 0 Å². The third-order valence-electron chi connectivity index (χ3n) is 3.59. The Labute approximate surface area is 93.7 Å². The second-order valence-corrected chi connectivity index (χ2v) is 4.94. The van der Waals surface area contributed by atoms with Crippen LogP contribution in [0.15, 0.2) is 4.99 Å². The summed E-state index contributed by atoms with van der Waals surface area (Å²) in [5.74, 6) is 1.47. The highest BCUT2D eigenvalue weighted by Gasteiger charge is 2.41. The minimum Gasteiger partial charge on any atom is -0.288 e. The van der Waals surface area contributed by atoms with Crippen molar-refractivity contribution in [2.75, 3.05) is 6.54 Å². The number of carbonyl (C=O) groups excluding carboxylic acids is 2. The van der Waals surface area contributed by atoms with Gasteiger partial charge in [-0.1, -0.05) is 0 Å². The zero-order valence-corrected chi connectivity index (χ0v) is 9.03. The highest BCUT2D eigenvalue weighted by molar-refractivity contribution is 6.45. The summed E-state index contributed by atoms with van der Waals surface area (Å²) in [5.41, 5.74) is 0. The van der Waals surface area contributed by atoms with Crippen LogP contribution in [0.2, 0.25) is 0 Å². The van der Waals surface area contributed by atoms with Crippen molar-refractivity contribution in [3.63, 3.8) is 0 Å². The molecule has 0 unspecified atom stereocenters. The van der Waals surface area contributed by atoms with E-state index in [4.69, 9.17) is 0 Å². The first-order chi connectivity index (χ1) is 7.74. The molecule has 2 saturated carbocycles. The van der Waals surface area contributed by atoms with Gasteiger partial charge in [0.05, 0.1) is 0 Å². The number of aliphatic imine (C=N–C) groups is 1. The average molecular weight is 221 g/mol. The number of guanidine groups is 1. The van der Waals surface area contributed by atoms with Crippen molar-refractivity contribution in [1.29, 1.82) is 0 Å². The normalized spacial score (nSPS) is 24.7. The van der Waals surface area contributed by atoms with Crippen LogP contribution in [-0.4, -0.2) is 24.3 Å². The first kappa shape index (κ1) is 9.81. The number of amides is 2. The molecule has 0 spiro atoms. The summed E-state index contributed by atoms with van der Waals surface area (Å²) in [6.07, 6.45) is 5.30. The van der Waals surface area contributed by atoms with Gasteiger partial charge in [-0.3, -0.25) is 25.2 Å². The van der Waals surface area contributed by atoms with Gasteiger partial charge >= 0.3 is 11.8 Å². The van der Waals surface area contributed by atoms with Crippen molar-refractivity contribution in [2.24, 2.45) is 22.7 Å². The Morgan fingerprint density at radius 3 is 2.00 bits per heavy atom. The fourth-order valence-corrected chi connectivity index (χ4v) is 2.37. The molecule has 1 saturated heterocycles. The van der Waals surface area contributed by atoms with Gasteiger partial charge in [-0.15, -0.1) is 0 Å². The fraction of sp³-hybridized carbons (Fsp3) is 0.727. The van der Waals surface area contributed by atoms with Crippen LogP contribution in [0.25, 0.3) is 0 Å². The molecule has 1 aliphatic heterocycles. The van der Waals surface area contributed by atoms with Gasteiger partial charge in [0.25, 0.3) is 0 Å². The molecule has 0 bridgehead atoms. The Morgan fingerprint density at radius 1 is 1.06 bits per heavy atom. The summed E-state index contributed by atoms with van der Waals surface area (Å²) in [6.45, 7) is 0.741. The summed E-state index contributed by atoms with van der Waals surface area (Å²) in [6, 6.07) is 0. The molecule has 0 aromatic heterocycles. The highest BCUT2D eigenvalue weighted by atomic mass is 16.2. The molecule has 5 nitrogen and oxygen atoms in total. The van der Waals surface area contributed by atoms with Crippen molar-refractivity contribution in [2.45, 2.75) is 25.7 Å². The predicted octanol–water partition coefficient (Wildman–Crippen LogP) is 0.0246. The molecule has 16 heavy (non-hydrogen) atoms. The number of rotatable bonds is 4. The molecule has 0 aromatic carbocycles. The van der Waals surface area contributed by atoms with Gasteiger partial charge in [-0.25, -0.2) is 0 Å². The summed E-state index contributed by atoms with van der Waals surface area (Å²) in [7, 11) is 0. The van der Waals surface area contributed by atoms with Crippen LogP contribution >= 0.6 is 0 Å². The van der Waals surface area contributed by atoms with Crippen LogP contribution in [-0.2, 0) is 9.59 Å². The van der Waals surface area contributed by atoms with Crippen molar-refractivity contribution < 1.29 is 9.59 Å². The Bertz CT molecular complexity index is 339. The molecule has 2 amide bonds. The first-order valence-corrected chi connectivity index (χ1v) is 5.91. The summed E-state index contributed by atoms with van der Waals surface area (Å²) in [4.78, 5) is 26.1. The quantitative estimate of drug-likeness (QED) is 0.657. The van der Waals surface area contributed by atoms with Crippen LogP contribution in [0, 0.1) is 17.8 Å². The van der Waals surface area contributed by atoms with Gasteiger partial charge in [0.1, 0.15) is 0 Å². The lowest BCUT2D eigenvalue weighted by atomic mass is 9.98. The summed E-state index contributed by atoms with van der Waals surface area (Å²) >= 11 is 0. The van der Waals surface area contributed by atoms with E-state index in [1.165, 1.54) is 25.7 Å². The van der Waals surface area contributed by atoms with Crippen LogP contribution in [0.5, 0.6) is 0 Å². The van der Waals surface area contributed by atoms with Gasteiger partial charge in [-0.2, -0.15) is 0 Å². The lowest BCUT2D eigenvalue weighted by Crippen LogP contribution is -2.27. The summed E-state index contributed by atoms with van der Waals surface area (Å²) in [5, 5.41) is 4.86. The van der Waals surface area contributed by atoms with Gasteiger partial charge < -0.3 is 0 Å². The van der Waals surface area contributed by atoms with E-state index in [-0.39, 0.29) is 0 Å². The van der Waals surface area contributed by atoms with E-state index in [0.717, 1.165) is 18.4 Å². The standard InChI is InChI=1S/C11H15N3O2/c15-9-10(16)14-11(13-9)12-5-8(6-1-2-6)7-3-4-7/h6-8H,1-5H2,(H2,12,13,14,15,16). The van der Waals surface area contributed by atoms with Crippen LogP contribution in [0.1, 0.15) is 25.7 Å². The molecular weight excluding hydrogens is 206 g/mol. The minimum atomic E-state index is -0.604. The number of nitrogens with zero attached hydrogens (tertiary/aromatic N) is 1. The molecule has 0 aromatic rings. The van der Waals surface area contributed by atoms with Gasteiger partial charge in [0.2, 0.25) is 5.96 Å². The molecular formula is C11H15N3O2. The molecule has 1 heterocycles. The van der Waals surface area contributed by atoms with E-state index >= 15 is 0 Å². The molecule has 3 aliphatic rings. The second kappa shape index (κ2) is 3.57. The van der Waals surface area contributed by atoms with Crippen LogP contribution < -0.4 is 10.6 Å². The average Bonchev–Trinajstić information content (AvgIpc) is 3.12. The molecule has 5 heteroatoms. The lowest BCUT2D eigenvalue weighted by molar-refractivity contribution is -0.135. The predicted molar refractivity (Wildman–Crippen MR) is 57.5 cm³/mol. The molecule has 3 rings (SSSR count). The van der Waals surface area contributed by atoms with Crippen molar-refractivity contribution in [3.8, 4) is 0 Å². The SMILES string of the molecule is O=C1NC(=NCC(C2CC2)C2CC2)NC1=O. The zero-order valence-electron chi connectivity index (χ0n) is 9.03. The summed E-state index contributed by atoms with van der Waals surface area (Å²) < 4.78 is 0. The number of hydrogen-bond donors (Lipinski definition) is 2. The Kier molecular flexibility index (Phi) is 2.19. The monoisotopic (exact) mass is 221 g/mol. The van der Waals surface area contributed by atoms with E-state index in [9.17, 15) is 9.59 Å². The number of carbonyl (C=O) groups is 2.